The third-order valence-corrected chi connectivity index (χ3v) is 8.00. The fourth-order valence-electron chi connectivity index (χ4n) is 5.14. The van der Waals surface area contributed by atoms with E-state index >= 15 is 0 Å². The molecule has 31 heavy (non-hydrogen) atoms. The zero-order valence-electron chi connectivity index (χ0n) is 18.1. The van der Waals surface area contributed by atoms with Gasteiger partial charge in [0.2, 0.25) is 5.91 Å². The number of hydrogen-bond acceptors (Lipinski definition) is 3. The highest BCUT2D eigenvalue weighted by Gasteiger charge is 2.48. The summed E-state index contributed by atoms with van der Waals surface area (Å²) in [5.41, 5.74) is 1.79. The Balaban J connectivity index is 1.53. The van der Waals surface area contributed by atoms with Gasteiger partial charge >= 0.3 is 0 Å². The van der Waals surface area contributed by atoms with E-state index in [0.717, 1.165) is 35.0 Å². The van der Waals surface area contributed by atoms with Gasteiger partial charge in [-0.1, -0.05) is 50.1 Å². The molecule has 0 spiro atoms. The summed E-state index contributed by atoms with van der Waals surface area (Å²) < 4.78 is 3.13. The van der Waals surface area contributed by atoms with E-state index in [1.54, 1.807) is 16.2 Å². The third kappa shape index (κ3) is 3.47. The number of thiophene rings is 1. The van der Waals surface area contributed by atoms with Gasteiger partial charge in [0.15, 0.2) is 0 Å². The summed E-state index contributed by atoms with van der Waals surface area (Å²) in [6.45, 7) is 5.04. The van der Waals surface area contributed by atoms with Crippen molar-refractivity contribution in [3.05, 3.63) is 59.1 Å². The summed E-state index contributed by atoms with van der Waals surface area (Å²) in [6, 6.07) is 14.2. The Bertz CT molecular complexity index is 1120. The molecule has 0 bridgehead atoms. The van der Waals surface area contributed by atoms with Crippen LogP contribution in [0.2, 0.25) is 0 Å². The Morgan fingerprint density at radius 2 is 1.97 bits per heavy atom. The number of rotatable bonds is 4. The van der Waals surface area contributed by atoms with Gasteiger partial charge in [-0.05, 0) is 48.8 Å². The van der Waals surface area contributed by atoms with Crippen LogP contribution in [-0.2, 0) is 17.9 Å². The quantitative estimate of drug-likeness (QED) is 0.639. The van der Waals surface area contributed by atoms with Crippen molar-refractivity contribution >= 4 is 33.4 Å². The number of hydrogen-bond donors (Lipinski definition) is 1. The molecule has 162 valence electrons. The largest absolute Gasteiger partial charge is 0.351 e. The molecule has 2 aromatic heterocycles. The lowest BCUT2D eigenvalue weighted by Crippen LogP contribution is -2.65. The minimum atomic E-state index is -0.953. The first-order chi connectivity index (χ1) is 15.0. The van der Waals surface area contributed by atoms with E-state index in [4.69, 9.17) is 0 Å². The number of nitrogens with zero attached hydrogens (tertiary/aromatic N) is 2. The molecule has 5 nitrogen and oxygen atoms in total. The molecule has 0 radical (unpaired) electrons. The average molecular weight is 436 g/mol. The molecule has 1 aliphatic carbocycles. The highest BCUT2D eigenvalue weighted by Crippen LogP contribution is 2.35. The number of amides is 2. The van der Waals surface area contributed by atoms with Crippen molar-refractivity contribution < 1.29 is 9.59 Å². The number of benzene rings is 1. The summed E-state index contributed by atoms with van der Waals surface area (Å²) in [5, 5.41) is 5.38. The third-order valence-electron chi connectivity index (χ3n) is 7.15. The number of aromatic nitrogens is 1. The predicted molar refractivity (Wildman–Crippen MR) is 124 cm³/mol. The Morgan fingerprint density at radius 1 is 1.19 bits per heavy atom. The van der Waals surface area contributed by atoms with Gasteiger partial charge in [-0.15, -0.1) is 11.3 Å². The van der Waals surface area contributed by atoms with Crippen LogP contribution in [0.5, 0.6) is 0 Å². The lowest BCUT2D eigenvalue weighted by atomic mass is 9.85. The van der Waals surface area contributed by atoms with E-state index in [0.29, 0.717) is 24.7 Å². The van der Waals surface area contributed by atoms with Gasteiger partial charge in [-0.25, -0.2) is 0 Å². The number of nitrogens with one attached hydrogen (secondary N) is 1. The molecule has 1 aliphatic heterocycles. The van der Waals surface area contributed by atoms with E-state index < -0.39 is 5.54 Å². The molecule has 1 fully saturated rings. The zero-order valence-corrected chi connectivity index (χ0v) is 19.0. The van der Waals surface area contributed by atoms with Crippen LogP contribution in [0.15, 0.2) is 47.8 Å². The molecule has 1 saturated carbocycles. The number of carbonyl (C=O) groups is 2. The van der Waals surface area contributed by atoms with E-state index in [9.17, 15) is 9.59 Å². The molecule has 1 N–H and O–H groups in total. The normalized spacial score (nSPS) is 26.1. The lowest BCUT2D eigenvalue weighted by Gasteiger charge is -2.45. The fourth-order valence-corrected chi connectivity index (χ4v) is 5.96. The van der Waals surface area contributed by atoms with Crippen molar-refractivity contribution in [1.29, 1.82) is 0 Å². The molecule has 3 heterocycles. The maximum absolute atomic E-state index is 13.8. The molecule has 5 rings (SSSR count). The van der Waals surface area contributed by atoms with Crippen molar-refractivity contribution in [1.82, 2.24) is 14.8 Å². The van der Waals surface area contributed by atoms with Crippen LogP contribution in [0.3, 0.4) is 0 Å². The van der Waals surface area contributed by atoms with Gasteiger partial charge in [0.1, 0.15) is 11.2 Å². The van der Waals surface area contributed by atoms with E-state index in [1.165, 1.54) is 6.42 Å². The molecule has 1 aromatic carbocycles. The highest BCUT2D eigenvalue weighted by atomic mass is 32.1. The van der Waals surface area contributed by atoms with Crippen molar-refractivity contribution in [2.75, 3.05) is 0 Å². The monoisotopic (exact) mass is 435 g/mol. The molecular weight excluding hydrogens is 406 g/mol. The van der Waals surface area contributed by atoms with E-state index in [2.05, 4.69) is 12.2 Å². The summed E-state index contributed by atoms with van der Waals surface area (Å²) in [5.74, 6) is 0.347. The highest BCUT2D eigenvalue weighted by molar-refractivity contribution is 7.17. The van der Waals surface area contributed by atoms with Gasteiger partial charge in [-0.2, -0.15) is 0 Å². The zero-order chi connectivity index (χ0) is 21.6. The Hall–Kier alpha value is -2.60. The molecule has 6 heteroatoms. The Morgan fingerprint density at radius 3 is 2.74 bits per heavy atom. The second kappa shape index (κ2) is 7.83. The molecule has 3 atom stereocenters. The maximum atomic E-state index is 13.8. The van der Waals surface area contributed by atoms with Crippen molar-refractivity contribution in [2.24, 2.45) is 5.92 Å². The van der Waals surface area contributed by atoms with Crippen molar-refractivity contribution in [3.63, 3.8) is 0 Å². The summed E-state index contributed by atoms with van der Waals surface area (Å²) in [4.78, 5) is 29.2. The molecular formula is C25H29N3O2S. The standard InChI is InChI=1S/C25H29N3O2S/c1-17-8-6-7-11-19(17)26-24(30)25(2)16-27-20-12-13-31-22(20)14-21(27)23(29)28(25)15-18-9-4-3-5-10-18/h3-5,9-10,12-14,17,19H,6-8,11,15-16H2,1-2H3,(H,26,30). The minimum Gasteiger partial charge on any atom is -0.351 e. The van der Waals surface area contributed by atoms with Gasteiger partial charge in [0.05, 0.1) is 16.8 Å². The molecule has 2 aliphatic rings. The molecule has 2 amide bonds. The lowest BCUT2D eigenvalue weighted by molar-refractivity contribution is -0.134. The van der Waals surface area contributed by atoms with Crippen LogP contribution in [0.4, 0.5) is 0 Å². The van der Waals surface area contributed by atoms with Gasteiger partial charge in [0.25, 0.3) is 5.91 Å². The van der Waals surface area contributed by atoms with Crippen LogP contribution in [-0.4, -0.2) is 32.9 Å². The van der Waals surface area contributed by atoms with Crippen LogP contribution >= 0.6 is 11.3 Å². The van der Waals surface area contributed by atoms with E-state index in [1.807, 2.05) is 59.3 Å². The average Bonchev–Trinajstić information content (AvgIpc) is 3.36. The Kier molecular flexibility index (Phi) is 5.13. The molecule has 3 unspecified atom stereocenters. The van der Waals surface area contributed by atoms with Crippen LogP contribution in [0, 0.1) is 5.92 Å². The number of carbonyl (C=O) groups excluding carboxylic acids is 2. The number of fused-ring (bicyclic) bond motifs is 3. The summed E-state index contributed by atoms with van der Waals surface area (Å²) in [6.07, 6.45) is 4.53. The van der Waals surface area contributed by atoms with Crippen LogP contribution < -0.4 is 5.32 Å². The topological polar surface area (TPSA) is 54.3 Å². The second-order valence-corrected chi connectivity index (χ2v) is 10.2. The first-order valence-corrected chi connectivity index (χ1v) is 12.1. The molecule has 3 aromatic rings. The van der Waals surface area contributed by atoms with Crippen molar-refractivity contribution in [3.8, 4) is 0 Å². The predicted octanol–water partition coefficient (Wildman–Crippen LogP) is 4.81. The van der Waals surface area contributed by atoms with Crippen molar-refractivity contribution in [2.45, 2.75) is 64.2 Å². The smallest absolute Gasteiger partial charge is 0.271 e. The van der Waals surface area contributed by atoms with Gasteiger partial charge in [0, 0.05) is 12.6 Å². The fraction of sp³-hybridized carbons (Fsp3) is 0.440. The second-order valence-electron chi connectivity index (χ2n) is 9.28. The summed E-state index contributed by atoms with van der Waals surface area (Å²) >= 11 is 1.63. The van der Waals surface area contributed by atoms with E-state index in [-0.39, 0.29) is 17.9 Å². The van der Waals surface area contributed by atoms with Crippen LogP contribution in [0.1, 0.15) is 55.6 Å². The maximum Gasteiger partial charge on any atom is 0.271 e. The SMILES string of the molecule is CC1CCCCC1NC(=O)C1(C)Cn2c(cc3sccc32)C(=O)N1Cc1ccccc1. The first kappa shape index (κ1) is 20.3. The summed E-state index contributed by atoms with van der Waals surface area (Å²) in [7, 11) is 0. The first-order valence-electron chi connectivity index (χ1n) is 11.2. The Labute approximate surface area is 187 Å². The minimum absolute atomic E-state index is 0.0433. The van der Waals surface area contributed by atoms with Gasteiger partial charge < -0.3 is 14.8 Å². The van der Waals surface area contributed by atoms with Crippen LogP contribution in [0.25, 0.3) is 10.2 Å². The van der Waals surface area contributed by atoms with Gasteiger partial charge in [-0.3, -0.25) is 9.59 Å². The molecule has 0 saturated heterocycles.